The second kappa shape index (κ2) is 9.56. The summed E-state index contributed by atoms with van der Waals surface area (Å²) in [6, 6.07) is 21.6. The quantitative estimate of drug-likeness (QED) is 0.574. The Morgan fingerprint density at radius 2 is 1.67 bits per heavy atom. The van der Waals surface area contributed by atoms with E-state index in [1.54, 1.807) is 36.4 Å². The van der Waals surface area contributed by atoms with Crippen LogP contribution in [-0.2, 0) is 22.7 Å². The molecule has 4 rings (SSSR count). The molecule has 2 amide bonds. The number of ether oxygens (including phenoxy) is 1. The van der Waals surface area contributed by atoms with Gasteiger partial charge in [-0.25, -0.2) is 4.39 Å². The number of hydrogen-bond acceptors (Lipinski definition) is 4. The van der Waals surface area contributed by atoms with Crippen LogP contribution >= 0.6 is 0 Å². The van der Waals surface area contributed by atoms with Crippen molar-refractivity contribution in [1.29, 1.82) is 0 Å². The van der Waals surface area contributed by atoms with Crippen LogP contribution in [0.25, 0.3) is 0 Å². The second-order valence-electron chi connectivity index (χ2n) is 7.70. The summed E-state index contributed by atoms with van der Waals surface area (Å²) < 4.78 is 19.1. The summed E-state index contributed by atoms with van der Waals surface area (Å²) in [6.45, 7) is 0.427. The van der Waals surface area contributed by atoms with Gasteiger partial charge in [-0.05, 0) is 29.3 Å². The van der Waals surface area contributed by atoms with E-state index in [1.165, 1.54) is 24.1 Å². The molecule has 3 aromatic carbocycles. The first-order valence-electron chi connectivity index (χ1n) is 10.4. The van der Waals surface area contributed by atoms with E-state index in [1.807, 2.05) is 30.3 Å². The first-order valence-corrected chi connectivity index (χ1v) is 10.4. The molecule has 0 fully saturated rings. The fourth-order valence-electron chi connectivity index (χ4n) is 3.77. The van der Waals surface area contributed by atoms with E-state index in [0.717, 1.165) is 5.56 Å². The Hall–Kier alpha value is -4.13. The number of hydrogen-bond donors (Lipinski definition) is 2. The largest absolute Gasteiger partial charge is 0.503 e. The zero-order chi connectivity index (χ0) is 23.4. The lowest BCUT2D eigenvalue weighted by atomic mass is 9.97. The van der Waals surface area contributed by atoms with E-state index >= 15 is 0 Å². The van der Waals surface area contributed by atoms with Gasteiger partial charge in [0.2, 0.25) is 0 Å². The van der Waals surface area contributed by atoms with Gasteiger partial charge >= 0.3 is 0 Å². The minimum absolute atomic E-state index is 0.0552. The van der Waals surface area contributed by atoms with Crippen LogP contribution in [-0.4, -0.2) is 28.9 Å². The number of aliphatic hydroxyl groups is 1. The molecule has 0 aromatic heterocycles. The van der Waals surface area contributed by atoms with Crippen molar-refractivity contribution in [3.05, 3.63) is 113 Å². The molecule has 7 heteroatoms. The Morgan fingerprint density at radius 3 is 2.39 bits per heavy atom. The maximum Gasteiger partial charge on any atom is 0.289 e. The molecule has 0 radical (unpaired) electrons. The highest BCUT2D eigenvalue weighted by atomic mass is 19.1. The van der Waals surface area contributed by atoms with Gasteiger partial charge in [0.1, 0.15) is 18.2 Å². The molecular weight excluding hydrogens is 423 g/mol. The van der Waals surface area contributed by atoms with Crippen LogP contribution in [0, 0.1) is 5.82 Å². The normalized spacial score (nSPS) is 15.6. The third-order valence-electron chi connectivity index (χ3n) is 5.50. The molecule has 33 heavy (non-hydrogen) atoms. The van der Waals surface area contributed by atoms with Crippen molar-refractivity contribution in [3.63, 3.8) is 0 Å². The molecule has 0 spiro atoms. The molecule has 0 aliphatic carbocycles. The Bertz CT molecular complexity index is 1190. The lowest BCUT2D eigenvalue weighted by Gasteiger charge is -2.25. The lowest BCUT2D eigenvalue weighted by Crippen LogP contribution is -2.31. The maximum atomic E-state index is 13.1. The van der Waals surface area contributed by atoms with E-state index in [2.05, 4.69) is 5.32 Å². The molecule has 3 aromatic rings. The number of carbonyl (C=O) groups is 2. The fraction of sp³-hybridized carbons (Fsp3) is 0.154. The molecule has 168 valence electrons. The van der Waals surface area contributed by atoms with E-state index in [4.69, 9.17) is 4.74 Å². The first kappa shape index (κ1) is 22.1. The summed E-state index contributed by atoms with van der Waals surface area (Å²) in [5.74, 6) is -1.70. The SMILES string of the molecule is CN1C(=O)C(O)=C(C(=O)NCc2ccc(F)cc2)C1c1ccccc1OCc1ccccc1. The number of nitrogens with one attached hydrogen (secondary N) is 1. The Balaban J connectivity index is 1.58. The van der Waals surface area contributed by atoms with Crippen molar-refractivity contribution in [2.24, 2.45) is 0 Å². The number of halogens is 1. The van der Waals surface area contributed by atoms with Gasteiger partial charge in [0, 0.05) is 19.2 Å². The third-order valence-corrected chi connectivity index (χ3v) is 5.50. The molecule has 1 unspecified atom stereocenters. The highest BCUT2D eigenvalue weighted by Gasteiger charge is 2.42. The van der Waals surface area contributed by atoms with Crippen LogP contribution in [0.3, 0.4) is 0 Å². The fourth-order valence-corrected chi connectivity index (χ4v) is 3.77. The molecule has 0 saturated heterocycles. The van der Waals surface area contributed by atoms with Crippen LogP contribution in [0.5, 0.6) is 5.75 Å². The number of likely N-dealkylation sites (N-methyl/N-ethyl adjacent to an activating group) is 1. The number of rotatable bonds is 7. The maximum absolute atomic E-state index is 13.1. The number of para-hydroxylation sites is 1. The Morgan fingerprint density at radius 1 is 1.00 bits per heavy atom. The van der Waals surface area contributed by atoms with Crippen molar-refractivity contribution in [3.8, 4) is 5.75 Å². The van der Waals surface area contributed by atoms with Gasteiger partial charge in [0.25, 0.3) is 11.8 Å². The average Bonchev–Trinajstić information content (AvgIpc) is 3.07. The van der Waals surface area contributed by atoms with Crippen LogP contribution in [0.4, 0.5) is 4.39 Å². The van der Waals surface area contributed by atoms with Gasteiger partial charge in [-0.3, -0.25) is 9.59 Å². The first-order chi connectivity index (χ1) is 16.0. The summed E-state index contributed by atoms with van der Waals surface area (Å²) in [5.41, 5.74) is 2.19. The van der Waals surface area contributed by atoms with Crippen LogP contribution in [0.2, 0.25) is 0 Å². The summed E-state index contributed by atoms with van der Waals surface area (Å²) in [7, 11) is 1.53. The number of amides is 2. The molecule has 1 aliphatic rings. The van der Waals surface area contributed by atoms with Crippen molar-refractivity contribution in [2.45, 2.75) is 19.2 Å². The predicted molar refractivity (Wildman–Crippen MR) is 121 cm³/mol. The highest BCUT2D eigenvalue weighted by Crippen LogP contribution is 2.40. The molecule has 1 aliphatic heterocycles. The zero-order valence-corrected chi connectivity index (χ0v) is 18.0. The summed E-state index contributed by atoms with van der Waals surface area (Å²) in [6.07, 6.45) is 0. The predicted octanol–water partition coefficient (Wildman–Crippen LogP) is 4.05. The molecule has 1 heterocycles. The van der Waals surface area contributed by atoms with Gasteiger partial charge < -0.3 is 20.1 Å². The van der Waals surface area contributed by atoms with Gasteiger partial charge in [-0.2, -0.15) is 0 Å². The van der Waals surface area contributed by atoms with Crippen molar-refractivity contribution < 1.29 is 23.8 Å². The van der Waals surface area contributed by atoms with Crippen molar-refractivity contribution in [1.82, 2.24) is 10.2 Å². The molecule has 2 N–H and O–H groups in total. The standard InChI is InChI=1S/C26H23FN2O4/c1-29-23(20-9-5-6-10-21(20)33-16-18-7-3-2-4-8-18)22(24(30)26(29)32)25(31)28-15-17-11-13-19(27)14-12-17/h2-14,23,30H,15-16H2,1H3,(H,28,31). The van der Waals surface area contributed by atoms with E-state index in [9.17, 15) is 19.1 Å². The lowest BCUT2D eigenvalue weighted by molar-refractivity contribution is -0.128. The van der Waals surface area contributed by atoms with Gasteiger partial charge in [0.15, 0.2) is 5.76 Å². The zero-order valence-electron chi connectivity index (χ0n) is 18.0. The summed E-state index contributed by atoms with van der Waals surface area (Å²) in [4.78, 5) is 26.9. The van der Waals surface area contributed by atoms with Crippen molar-refractivity contribution >= 4 is 11.8 Å². The number of aliphatic hydroxyl groups excluding tert-OH is 1. The van der Waals surface area contributed by atoms with Gasteiger partial charge in [-0.1, -0.05) is 60.7 Å². The monoisotopic (exact) mass is 446 g/mol. The Kier molecular flexibility index (Phi) is 6.40. The summed E-state index contributed by atoms with van der Waals surface area (Å²) in [5, 5.41) is 13.2. The number of nitrogens with zero attached hydrogens (tertiary/aromatic N) is 1. The van der Waals surface area contributed by atoms with E-state index in [0.29, 0.717) is 23.5 Å². The molecular formula is C26H23FN2O4. The molecule has 0 saturated carbocycles. The smallest absolute Gasteiger partial charge is 0.289 e. The van der Waals surface area contributed by atoms with Crippen LogP contribution in [0.1, 0.15) is 22.7 Å². The molecule has 6 nitrogen and oxygen atoms in total. The van der Waals surface area contributed by atoms with Crippen LogP contribution < -0.4 is 10.1 Å². The molecule has 1 atom stereocenters. The third kappa shape index (κ3) is 4.72. The average molecular weight is 446 g/mol. The minimum Gasteiger partial charge on any atom is -0.503 e. The number of benzene rings is 3. The minimum atomic E-state index is -0.822. The van der Waals surface area contributed by atoms with E-state index < -0.39 is 23.6 Å². The summed E-state index contributed by atoms with van der Waals surface area (Å²) >= 11 is 0. The highest BCUT2D eigenvalue weighted by molar-refractivity contribution is 6.08. The molecule has 0 bridgehead atoms. The number of carbonyl (C=O) groups excluding carboxylic acids is 2. The second-order valence-corrected chi connectivity index (χ2v) is 7.70. The van der Waals surface area contributed by atoms with Gasteiger partial charge in [-0.15, -0.1) is 0 Å². The van der Waals surface area contributed by atoms with Gasteiger partial charge in [0.05, 0.1) is 11.6 Å². The van der Waals surface area contributed by atoms with E-state index in [-0.39, 0.29) is 17.9 Å². The van der Waals surface area contributed by atoms with Crippen molar-refractivity contribution in [2.75, 3.05) is 7.05 Å². The van der Waals surface area contributed by atoms with Crippen LogP contribution in [0.15, 0.2) is 90.2 Å². The topological polar surface area (TPSA) is 78.9 Å². The Labute approximate surface area is 190 Å².